The smallest absolute Gasteiger partial charge is 0.408 e. The molecule has 25 heavy (non-hydrogen) atoms. The van der Waals surface area contributed by atoms with Crippen LogP contribution >= 0.6 is 23.2 Å². The number of rotatable bonds is 3. The van der Waals surface area contributed by atoms with Gasteiger partial charge in [0.25, 0.3) is 0 Å². The predicted molar refractivity (Wildman–Crippen MR) is 94.3 cm³/mol. The standard InChI is InChI=1S/C17H18Cl2FN3O2/c1-16(2,3)23-15(24)25-17(4,10-5-7-11(20)8-6-10)14-21-12(18)9-13(19)22-14/h5-9H,1-4H3,(H,23,24)/t17-/m0/s1. The molecule has 2 rings (SSSR count). The number of nitrogens with one attached hydrogen (secondary N) is 1. The molecule has 1 aromatic heterocycles. The summed E-state index contributed by atoms with van der Waals surface area (Å²) in [4.78, 5) is 20.6. The molecule has 1 amide bonds. The molecular weight excluding hydrogens is 368 g/mol. The second-order valence-electron chi connectivity index (χ2n) is 6.64. The molecule has 0 radical (unpaired) electrons. The van der Waals surface area contributed by atoms with Crippen LogP contribution in [0.3, 0.4) is 0 Å². The summed E-state index contributed by atoms with van der Waals surface area (Å²) in [6.45, 7) is 7.03. The fourth-order valence-corrected chi connectivity index (χ4v) is 2.54. The number of alkyl carbamates (subject to hydrolysis) is 1. The molecule has 0 fully saturated rings. The fourth-order valence-electron chi connectivity index (χ4n) is 2.12. The van der Waals surface area contributed by atoms with Gasteiger partial charge in [-0.05, 0) is 39.8 Å². The first-order chi connectivity index (χ1) is 11.5. The zero-order valence-electron chi connectivity index (χ0n) is 14.2. The van der Waals surface area contributed by atoms with Crippen LogP contribution in [0, 0.1) is 5.82 Å². The normalized spacial score (nSPS) is 13.9. The third-order valence-corrected chi connectivity index (χ3v) is 3.65. The Morgan fingerprint density at radius 3 is 2.08 bits per heavy atom. The van der Waals surface area contributed by atoms with Crippen LogP contribution in [0.4, 0.5) is 9.18 Å². The van der Waals surface area contributed by atoms with Crippen LogP contribution in [0.1, 0.15) is 39.1 Å². The van der Waals surface area contributed by atoms with Crippen LogP contribution in [0.5, 0.6) is 0 Å². The summed E-state index contributed by atoms with van der Waals surface area (Å²) in [5.74, 6) is -0.337. The van der Waals surface area contributed by atoms with Crippen LogP contribution in [0.15, 0.2) is 30.3 Å². The highest BCUT2D eigenvalue weighted by molar-refractivity contribution is 6.33. The SMILES string of the molecule is CC(C)(C)NC(=O)O[C@@](C)(c1ccc(F)cc1)c1nc(Cl)cc(Cl)n1. The third-order valence-electron chi connectivity index (χ3n) is 3.26. The minimum absolute atomic E-state index is 0.0840. The van der Waals surface area contributed by atoms with E-state index in [1.165, 1.54) is 30.3 Å². The zero-order chi connectivity index (χ0) is 18.8. The van der Waals surface area contributed by atoms with Crippen molar-refractivity contribution in [3.8, 4) is 0 Å². The first-order valence-electron chi connectivity index (χ1n) is 7.47. The molecule has 134 valence electrons. The lowest BCUT2D eigenvalue weighted by atomic mass is 9.94. The number of hydrogen-bond donors (Lipinski definition) is 1. The molecule has 0 aliphatic rings. The van der Waals surface area contributed by atoms with Crippen LogP contribution in [-0.2, 0) is 10.3 Å². The molecule has 5 nitrogen and oxygen atoms in total. The van der Waals surface area contributed by atoms with Gasteiger partial charge in [-0.15, -0.1) is 0 Å². The Bertz CT molecular complexity index is 758. The van der Waals surface area contributed by atoms with Crippen molar-refractivity contribution in [3.63, 3.8) is 0 Å². The van der Waals surface area contributed by atoms with E-state index in [0.29, 0.717) is 5.56 Å². The molecule has 1 N–H and O–H groups in total. The van der Waals surface area contributed by atoms with E-state index in [2.05, 4.69) is 15.3 Å². The van der Waals surface area contributed by atoms with Gasteiger partial charge < -0.3 is 10.1 Å². The minimum Gasteiger partial charge on any atom is -0.430 e. The lowest BCUT2D eigenvalue weighted by Crippen LogP contribution is -2.45. The molecule has 0 aliphatic heterocycles. The van der Waals surface area contributed by atoms with Crippen LogP contribution in [-0.4, -0.2) is 21.6 Å². The van der Waals surface area contributed by atoms with Gasteiger partial charge in [0.1, 0.15) is 16.1 Å². The summed E-state index contributed by atoms with van der Waals surface area (Å²) in [6, 6.07) is 6.85. The maximum absolute atomic E-state index is 13.3. The van der Waals surface area contributed by atoms with Gasteiger partial charge in [0.15, 0.2) is 11.4 Å². The van der Waals surface area contributed by atoms with Crippen molar-refractivity contribution >= 4 is 29.3 Å². The monoisotopic (exact) mass is 385 g/mol. The second-order valence-corrected chi connectivity index (χ2v) is 7.42. The highest BCUT2D eigenvalue weighted by Gasteiger charge is 2.38. The molecule has 2 aromatic rings. The van der Waals surface area contributed by atoms with E-state index >= 15 is 0 Å². The van der Waals surface area contributed by atoms with Crippen molar-refractivity contribution in [3.05, 3.63) is 57.8 Å². The Kier molecular flexibility index (Phi) is 5.54. The predicted octanol–water partition coefficient (Wildman–Crippen LogP) is 4.71. The molecule has 1 heterocycles. The van der Waals surface area contributed by atoms with E-state index in [4.69, 9.17) is 27.9 Å². The molecule has 1 atom stereocenters. The summed E-state index contributed by atoms with van der Waals surface area (Å²) in [5, 5.41) is 2.90. The molecule has 0 saturated carbocycles. The van der Waals surface area contributed by atoms with E-state index in [1.54, 1.807) is 6.92 Å². The van der Waals surface area contributed by atoms with E-state index in [9.17, 15) is 9.18 Å². The van der Waals surface area contributed by atoms with E-state index < -0.39 is 23.1 Å². The topological polar surface area (TPSA) is 64.1 Å². The van der Waals surface area contributed by atoms with Crippen LogP contribution in [0.25, 0.3) is 0 Å². The van der Waals surface area contributed by atoms with Crippen molar-refractivity contribution < 1.29 is 13.9 Å². The second kappa shape index (κ2) is 7.14. The Hall–Kier alpha value is -1.92. The molecule has 0 unspecified atom stereocenters. The number of carbonyl (C=O) groups excluding carboxylic acids is 1. The van der Waals surface area contributed by atoms with E-state index in [1.807, 2.05) is 20.8 Å². The molecule has 0 aliphatic carbocycles. The fraction of sp³-hybridized carbons (Fsp3) is 0.353. The largest absolute Gasteiger partial charge is 0.430 e. The number of carbonyl (C=O) groups is 1. The number of hydrogen-bond acceptors (Lipinski definition) is 4. The Labute approximate surface area is 155 Å². The number of amides is 1. The molecule has 0 spiro atoms. The first-order valence-corrected chi connectivity index (χ1v) is 8.23. The Morgan fingerprint density at radius 1 is 1.08 bits per heavy atom. The Balaban J connectivity index is 2.50. The van der Waals surface area contributed by atoms with Crippen molar-refractivity contribution in [2.45, 2.75) is 38.8 Å². The van der Waals surface area contributed by atoms with Gasteiger partial charge in [-0.25, -0.2) is 19.2 Å². The van der Waals surface area contributed by atoms with Crippen LogP contribution in [0.2, 0.25) is 10.3 Å². The van der Waals surface area contributed by atoms with Gasteiger partial charge in [0.05, 0.1) is 0 Å². The number of nitrogens with zero attached hydrogens (tertiary/aromatic N) is 2. The highest BCUT2D eigenvalue weighted by Crippen LogP contribution is 2.33. The van der Waals surface area contributed by atoms with Crippen LogP contribution < -0.4 is 5.32 Å². The summed E-state index contributed by atoms with van der Waals surface area (Å²) < 4.78 is 18.9. The summed E-state index contributed by atoms with van der Waals surface area (Å²) in [6.07, 6.45) is -0.681. The van der Waals surface area contributed by atoms with Crippen molar-refractivity contribution in [2.75, 3.05) is 0 Å². The molecule has 0 bridgehead atoms. The van der Waals surface area contributed by atoms with Crippen molar-refractivity contribution in [1.29, 1.82) is 0 Å². The number of benzene rings is 1. The summed E-state index contributed by atoms with van der Waals surface area (Å²) >= 11 is 11.9. The van der Waals surface area contributed by atoms with Crippen molar-refractivity contribution in [2.24, 2.45) is 0 Å². The Morgan fingerprint density at radius 2 is 1.60 bits per heavy atom. The average Bonchev–Trinajstić information content (AvgIpc) is 2.44. The maximum Gasteiger partial charge on any atom is 0.408 e. The number of aromatic nitrogens is 2. The van der Waals surface area contributed by atoms with Gasteiger partial charge in [-0.2, -0.15) is 0 Å². The summed E-state index contributed by atoms with van der Waals surface area (Å²) in [5.41, 5.74) is -1.46. The third kappa shape index (κ3) is 5.03. The van der Waals surface area contributed by atoms with Crippen molar-refractivity contribution in [1.82, 2.24) is 15.3 Å². The van der Waals surface area contributed by atoms with Gasteiger partial charge in [0.2, 0.25) is 0 Å². The van der Waals surface area contributed by atoms with Gasteiger partial charge in [-0.1, -0.05) is 35.3 Å². The number of halogens is 3. The summed E-state index contributed by atoms with van der Waals surface area (Å²) in [7, 11) is 0. The molecule has 0 saturated heterocycles. The lowest BCUT2D eigenvalue weighted by molar-refractivity contribution is 0.0414. The average molecular weight is 386 g/mol. The zero-order valence-corrected chi connectivity index (χ0v) is 15.7. The first kappa shape index (κ1) is 19.4. The highest BCUT2D eigenvalue weighted by atomic mass is 35.5. The van der Waals surface area contributed by atoms with Gasteiger partial charge in [-0.3, -0.25) is 0 Å². The molecule has 1 aromatic carbocycles. The molecular formula is C17H18Cl2FN3O2. The van der Waals surface area contributed by atoms with Gasteiger partial charge >= 0.3 is 6.09 Å². The van der Waals surface area contributed by atoms with Gasteiger partial charge in [0, 0.05) is 17.2 Å². The maximum atomic E-state index is 13.3. The lowest BCUT2D eigenvalue weighted by Gasteiger charge is -2.30. The molecule has 8 heteroatoms. The minimum atomic E-state index is -1.42. The van der Waals surface area contributed by atoms with E-state index in [0.717, 1.165) is 0 Å². The van der Waals surface area contributed by atoms with E-state index in [-0.39, 0.29) is 16.1 Å². The quantitative estimate of drug-likeness (QED) is 0.776. The number of ether oxygens (including phenoxy) is 1.